The van der Waals surface area contributed by atoms with E-state index in [0.29, 0.717) is 13.1 Å². The van der Waals surface area contributed by atoms with Gasteiger partial charge in [0.2, 0.25) is 0 Å². The highest BCUT2D eigenvalue weighted by molar-refractivity contribution is 5.80. The monoisotopic (exact) mass is 258 g/mol. The lowest BCUT2D eigenvalue weighted by molar-refractivity contribution is -0.137. The molecule has 0 heterocycles. The van der Waals surface area contributed by atoms with Gasteiger partial charge >= 0.3 is 12.0 Å². The molecule has 0 saturated carbocycles. The van der Waals surface area contributed by atoms with E-state index in [2.05, 4.69) is 0 Å². The smallest absolute Gasteiger partial charge is 0.323 e. The van der Waals surface area contributed by atoms with Crippen LogP contribution in [0.4, 0.5) is 4.79 Å². The molecule has 0 aliphatic carbocycles. The molecule has 1 N–H and O–H groups in total. The summed E-state index contributed by atoms with van der Waals surface area (Å²) < 4.78 is 0. The number of urea groups is 1. The van der Waals surface area contributed by atoms with Gasteiger partial charge in [0.15, 0.2) is 0 Å². The van der Waals surface area contributed by atoms with Crippen LogP contribution >= 0.6 is 0 Å². The first-order valence-electron chi connectivity index (χ1n) is 6.56. The molecule has 106 valence electrons. The highest BCUT2D eigenvalue weighted by atomic mass is 16.4. The Hall–Kier alpha value is -1.26. The molecule has 0 aromatic carbocycles. The molecule has 0 aliphatic rings. The summed E-state index contributed by atoms with van der Waals surface area (Å²) in [5.41, 5.74) is 0. The molecule has 0 aromatic heterocycles. The predicted molar refractivity (Wildman–Crippen MR) is 71.6 cm³/mol. The maximum Gasteiger partial charge on any atom is 0.323 e. The maximum absolute atomic E-state index is 12.3. The molecule has 0 aliphatic heterocycles. The van der Waals surface area contributed by atoms with Crippen molar-refractivity contribution in [1.82, 2.24) is 9.80 Å². The average molecular weight is 258 g/mol. The molecule has 0 rings (SSSR count). The molecule has 0 saturated heterocycles. The van der Waals surface area contributed by atoms with Crippen molar-refractivity contribution in [3.63, 3.8) is 0 Å². The standard InChI is InChI=1S/C13H26N2O3/c1-6-7-15(11(4)5)13(18)14(8-10(2)3)9-12(16)17/h10-11H,6-9H2,1-5H3,(H,16,17). The molecule has 18 heavy (non-hydrogen) atoms. The van der Waals surface area contributed by atoms with E-state index in [4.69, 9.17) is 5.11 Å². The molecule has 0 bridgehead atoms. The van der Waals surface area contributed by atoms with Crippen LogP contribution in [0, 0.1) is 5.92 Å². The third kappa shape index (κ3) is 5.89. The number of carbonyl (C=O) groups excluding carboxylic acids is 1. The van der Waals surface area contributed by atoms with Gasteiger partial charge < -0.3 is 14.9 Å². The molecule has 2 amide bonds. The van der Waals surface area contributed by atoms with E-state index in [1.165, 1.54) is 4.90 Å². The summed E-state index contributed by atoms with van der Waals surface area (Å²) in [6.07, 6.45) is 0.868. The van der Waals surface area contributed by atoms with Crippen LogP contribution in [-0.2, 0) is 4.79 Å². The summed E-state index contributed by atoms with van der Waals surface area (Å²) in [7, 11) is 0. The number of carbonyl (C=O) groups is 2. The zero-order valence-corrected chi connectivity index (χ0v) is 12.1. The van der Waals surface area contributed by atoms with Crippen molar-refractivity contribution in [2.24, 2.45) is 5.92 Å². The summed E-state index contributed by atoms with van der Waals surface area (Å²) in [5, 5.41) is 8.88. The van der Waals surface area contributed by atoms with E-state index in [9.17, 15) is 9.59 Å². The van der Waals surface area contributed by atoms with Gasteiger partial charge in [-0.05, 0) is 26.2 Å². The van der Waals surface area contributed by atoms with Crippen LogP contribution < -0.4 is 0 Å². The SMILES string of the molecule is CCCN(C(=O)N(CC(=O)O)CC(C)C)C(C)C. The number of nitrogens with zero attached hydrogens (tertiary/aromatic N) is 2. The van der Waals surface area contributed by atoms with E-state index in [-0.39, 0.29) is 24.5 Å². The van der Waals surface area contributed by atoms with Gasteiger partial charge in [-0.1, -0.05) is 20.8 Å². The van der Waals surface area contributed by atoms with Crippen LogP contribution in [0.15, 0.2) is 0 Å². The molecule has 5 heteroatoms. The first-order chi connectivity index (χ1) is 8.29. The zero-order chi connectivity index (χ0) is 14.3. The Balaban J connectivity index is 4.83. The number of carboxylic acid groups (broad SMARTS) is 1. The first-order valence-corrected chi connectivity index (χ1v) is 6.56. The number of amides is 2. The van der Waals surface area contributed by atoms with E-state index in [1.807, 2.05) is 34.6 Å². The summed E-state index contributed by atoms with van der Waals surface area (Å²) in [4.78, 5) is 26.3. The number of carboxylic acids is 1. The second-order valence-corrected chi connectivity index (χ2v) is 5.24. The first kappa shape index (κ1) is 16.7. The van der Waals surface area contributed by atoms with Crippen LogP contribution in [0.2, 0.25) is 0 Å². The minimum absolute atomic E-state index is 0.0842. The Labute approximate surface area is 110 Å². The Morgan fingerprint density at radius 1 is 1.17 bits per heavy atom. The molecule has 5 nitrogen and oxygen atoms in total. The summed E-state index contributed by atoms with van der Waals surface area (Å²) in [6, 6.07) is -0.0937. The number of rotatable bonds is 7. The minimum atomic E-state index is -0.968. The zero-order valence-electron chi connectivity index (χ0n) is 12.1. The van der Waals surface area contributed by atoms with Gasteiger partial charge in [0.1, 0.15) is 6.54 Å². The minimum Gasteiger partial charge on any atom is -0.480 e. The maximum atomic E-state index is 12.3. The van der Waals surface area contributed by atoms with Crippen LogP contribution in [0.3, 0.4) is 0 Å². The van der Waals surface area contributed by atoms with Crippen LogP contribution in [-0.4, -0.2) is 52.6 Å². The molecule has 0 fully saturated rings. The van der Waals surface area contributed by atoms with E-state index in [0.717, 1.165) is 6.42 Å². The summed E-state index contributed by atoms with van der Waals surface area (Å²) in [5.74, 6) is -0.715. The Bertz CT molecular complexity index is 277. The van der Waals surface area contributed by atoms with Crippen LogP contribution in [0.25, 0.3) is 0 Å². The van der Waals surface area contributed by atoms with Gasteiger partial charge in [0.25, 0.3) is 0 Å². The highest BCUT2D eigenvalue weighted by Crippen LogP contribution is 2.08. The fourth-order valence-corrected chi connectivity index (χ4v) is 1.81. The Kier molecular flexibility index (Phi) is 7.39. The van der Waals surface area contributed by atoms with Crippen LogP contribution in [0.5, 0.6) is 0 Å². The lowest BCUT2D eigenvalue weighted by atomic mass is 10.2. The lowest BCUT2D eigenvalue weighted by Crippen LogP contribution is -2.49. The fraction of sp³-hybridized carbons (Fsp3) is 0.846. The molecule has 0 aromatic rings. The van der Waals surface area contributed by atoms with E-state index < -0.39 is 5.97 Å². The third-order valence-electron chi connectivity index (χ3n) is 2.52. The van der Waals surface area contributed by atoms with E-state index >= 15 is 0 Å². The fourth-order valence-electron chi connectivity index (χ4n) is 1.81. The predicted octanol–water partition coefficient (Wildman–Crippen LogP) is 2.27. The van der Waals surface area contributed by atoms with Crippen molar-refractivity contribution in [3.05, 3.63) is 0 Å². The largest absolute Gasteiger partial charge is 0.480 e. The molecule has 0 radical (unpaired) electrons. The van der Waals surface area contributed by atoms with Crippen molar-refractivity contribution in [2.75, 3.05) is 19.6 Å². The van der Waals surface area contributed by atoms with Crippen molar-refractivity contribution in [2.45, 2.75) is 47.1 Å². The molecule has 0 spiro atoms. The van der Waals surface area contributed by atoms with Crippen molar-refractivity contribution in [3.8, 4) is 0 Å². The van der Waals surface area contributed by atoms with Gasteiger partial charge in [-0.3, -0.25) is 4.79 Å². The quantitative estimate of drug-likeness (QED) is 0.762. The molecule has 0 atom stereocenters. The summed E-state index contributed by atoms with van der Waals surface area (Å²) >= 11 is 0. The van der Waals surface area contributed by atoms with Gasteiger partial charge in [0.05, 0.1) is 0 Å². The highest BCUT2D eigenvalue weighted by Gasteiger charge is 2.24. The van der Waals surface area contributed by atoms with Gasteiger partial charge in [0, 0.05) is 19.1 Å². The third-order valence-corrected chi connectivity index (χ3v) is 2.52. The topological polar surface area (TPSA) is 60.9 Å². The van der Waals surface area contributed by atoms with Crippen molar-refractivity contribution < 1.29 is 14.7 Å². The van der Waals surface area contributed by atoms with Crippen molar-refractivity contribution in [1.29, 1.82) is 0 Å². The number of aliphatic carboxylic acids is 1. The van der Waals surface area contributed by atoms with Gasteiger partial charge in [-0.2, -0.15) is 0 Å². The second-order valence-electron chi connectivity index (χ2n) is 5.24. The summed E-state index contributed by atoms with van der Waals surface area (Å²) in [6.45, 7) is 10.7. The Morgan fingerprint density at radius 2 is 1.72 bits per heavy atom. The van der Waals surface area contributed by atoms with Gasteiger partial charge in [-0.25, -0.2) is 4.79 Å². The van der Waals surface area contributed by atoms with E-state index in [1.54, 1.807) is 4.90 Å². The molecular weight excluding hydrogens is 232 g/mol. The van der Waals surface area contributed by atoms with Gasteiger partial charge in [-0.15, -0.1) is 0 Å². The Morgan fingerprint density at radius 3 is 2.06 bits per heavy atom. The lowest BCUT2D eigenvalue weighted by Gasteiger charge is -2.33. The molecular formula is C13H26N2O3. The van der Waals surface area contributed by atoms with Crippen molar-refractivity contribution >= 4 is 12.0 Å². The number of hydrogen-bond acceptors (Lipinski definition) is 2. The normalized spacial score (nSPS) is 10.8. The molecule has 0 unspecified atom stereocenters. The second kappa shape index (κ2) is 7.95. The van der Waals surface area contributed by atoms with Crippen LogP contribution in [0.1, 0.15) is 41.0 Å². The number of hydrogen-bond donors (Lipinski definition) is 1. The average Bonchev–Trinajstić information content (AvgIpc) is 2.22.